The smallest absolute Gasteiger partial charge is 0.261 e. The molecule has 0 saturated heterocycles. The second kappa shape index (κ2) is 7.78. The zero-order valence-corrected chi connectivity index (χ0v) is 16.1. The number of hydrogen-bond acceptors (Lipinski definition) is 4. The highest BCUT2D eigenvalue weighted by Gasteiger charge is 2.18. The molecule has 4 rings (SSSR count). The van der Waals surface area contributed by atoms with Crippen LogP contribution >= 0.6 is 11.3 Å². The molecule has 5 nitrogen and oxygen atoms in total. The van der Waals surface area contributed by atoms with Crippen LogP contribution in [0, 0.1) is 6.92 Å². The topological polar surface area (TPSA) is 64.0 Å². The maximum Gasteiger partial charge on any atom is 0.261 e. The number of carbonyl (C=O) groups excluding carboxylic acids is 1. The van der Waals surface area contributed by atoms with E-state index in [0.29, 0.717) is 10.9 Å². The van der Waals surface area contributed by atoms with E-state index in [1.807, 2.05) is 54.8 Å². The molecule has 2 aromatic heterocycles. The van der Waals surface area contributed by atoms with E-state index < -0.39 is 0 Å². The van der Waals surface area contributed by atoms with Crippen LogP contribution < -0.4 is 10.9 Å². The molecular weight excluding hydrogens is 370 g/mol. The van der Waals surface area contributed by atoms with Crippen LogP contribution in [0.5, 0.6) is 0 Å². The van der Waals surface area contributed by atoms with Gasteiger partial charge in [-0.3, -0.25) is 14.2 Å². The lowest BCUT2D eigenvalue weighted by Gasteiger charge is -2.19. The molecule has 0 radical (unpaired) electrons. The summed E-state index contributed by atoms with van der Waals surface area (Å²) in [6, 6.07) is 18.9. The standard InChI is InChI=1S/C22H19N3O2S/c1-15-8-10-16(11-9-15)21(19-7-4-12-28-19)24-20(26)13-25-14-23-18-6-3-2-5-17(18)22(25)27/h2-12,14,21H,13H2,1H3,(H,24,26). The molecule has 6 heteroatoms. The fourth-order valence-corrected chi connectivity index (χ4v) is 3.92. The third kappa shape index (κ3) is 3.73. The van der Waals surface area contributed by atoms with Gasteiger partial charge < -0.3 is 5.32 Å². The van der Waals surface area contributed by atoms with E-state index in [1.165, 1.54) is 10.9 Å². The first kappa shape index (κ1) is 18.1. The minimum Gasteiger partial charge on any atom is -0.343 e. The van der Waals surface area contributed by atoms with E-state index in [9.17, 15) is 9.59 Å². The van der Waals surface area contributed by atoms with E-state index in [2.05, 4.69) is 10.3 Å². The summed E-state index contributed by atoms with van der Waals surface area (Å²) in [5.74, 6) is -0.238. The van der Waals surface area contributed by atoms with Crippen LogP contribution in [-0.2, 0) is 11.3 Å². The molecule has 1 atom stereocenters. The Labute approximate surface area is 166 Å². The van der Waals surface area contributed by atoms with Crippen molar-refractivity contribution in [2.24, 2.45) is 0 Å². The van der Waals surface area contributed by atoms with Crippen molar-refractivity contribution in [3.63, 3.8) is 0 Å². The van der Waals surface area contributed by atoms with E-state index in [0.717, 1.165) is 16.0 Å². The Morgan fingerprint density at radius 2 is 1.89 bits per heavy atom. The first-order valence-corrected chi connectivity index (χ1v) is 9.83. The van der Waals surface area contributed by atoms with Crippen molar-refractivity contribution in [1.29, 1.82) is 0 Å². The normalized spacial score (nSPS) is 12.0. The van der Waals surface area contributed by atoms with Crippen LogP contribution in [0.1, 0.15) is 22.0 Å². The number of nitrogens with zero attached hydrogens (tertiary/aromatic N) is 2. The first-order valence-electron chi connectivity index (χ1n) is 8.95. The number of hydrogen-bond donors (Lipinski definition) is 1. The number of thiophene rings is 1. The van der Waals surface area contributed by atoms with Gasteiger partial charge in [0, 0.05) is 4.88 Å². The molecule has 1 amide bonds. The number of para-hydroxylation sites is 1. The molecule has 140 valence electrons. The van der Waals surface area contributed by atoms with Crippen LogP contribution in [0.2, 0.25) is 0 Å². The number of benzene rings is 2. The van der Waals surface area contributed by atoms with Gasteiger partial charge >= 0.3 is 0 Å². The number of aryl methyl sites for hydroxylation is 1. The maximum absolute atomic E-state index is 12.8. The Kier molecular flexibility index (Phi) is 5.04. The highest BCUT2D eigenvalue weighted by atomic mass is 32.1. The first-order chi connectivity index (χ1) is 13.6. The highest BCUT2D eigenvalue weighted by molar-refractivity contribution is 7.10. The van der Waals surface area contributed by atoms with Crippen LogP contribution in [-0.4, -0.2) is 15.5 Å². The molecule has 0 saturated carbocycles. The molecule has 0 bridgehead atoms. The van der Waals surface area contributed by atoms with E-state index in [1.54, 1.807) is 29.5 Å². The van der Waals surface area contributed by atoms with E-state index >= 15 is 0 Å². The second-order valence-corrected chi connectivity index (χ2v) is 7.60. The molecule has 0 fully saturated rings. The molecule has 0 aliphatic carbocycles. The number of fused-ring (bicyclic) bond motifs is 1. The highest BCUT2D eigenvalue weighted by Crippen LogP contribution is 2.26. The van der Waals surface area contributed by atoms with Gasteiger partial charge in [-0.25, -0.2) is 4.98 Å². The van der Waals surface area contributed by atoms with E-state index in [-0.39, 0.29) is 24.1 Å². The molecule has 0 aliphatic rings. The predicted octanol–water partition coefficient (Wildman–Crippen LogP) is 3.67. The van der Waals surface area contributed by atoms with Gasteiger partial charge in [0.2, 0.25) is 5.91 Å². The third-order valence-corrected chi connectivity index (χ3v) is 5.53. The van der Waals surface area contributed by atoms with Gasteiger partial charge in [0.15, 0.2) is 0 Å². The summed E-state index contributed by atoms with van der Waals surface area (Å²) in [6.07, 6.45) is 1.43. The maximum atomic E-state index is 12.8. The van der Waals surface area contributed by atoms with Crippen LogP contribution in [0.4, 0.5) is 0 Å². The van der Waals surface area contributed by atoms with Gasteiger partial charge in [-0.05, 0) is 36.1 Å². The minimum atomic E-state index is -0.253. The molecule has 0 spiro atoms. The number of rotatable bonds is 5. The van der Waals surface area contributed by atoms with E-state index in [4.69, 9.17) is 0 Å². The van der Waals surface area contributed by atoms with Crippen molar-refractivity contribution in [2.75, 3.05) is 0 Å². The SMILES string of the molecule is Cc1ccc(C(NC(=O)Cn2cnc3ccccc3c2=O)c2cccs2)cc1. The average Bonchev–Trinajstić information content (AvgIpc) is 3.24. The van der Waals surface area contributed by atoms with Crippen LogP contribution in [0.15, 0.2) is 77.2 Å². The molecule has 28 heavy (non-hydrogen) atoms. The zero-order valence-electron chi connectivity index (χ0n) is 15.3. The summed E-state index contributed by atoms with van der Waals surface area (Å²) >= 11 is 1.59. The van der Waals surface area contributed by atoms with Crippen molar-refractivity contribution in [3.8, 4) is 0 Å². The summed E-state index contributed by atoms with van der Waals surface area (Å²) in [4.78, 5) is 30.7. The van der Waals surface area contributed by atoms with Gasteiger partial charge in [-0.15, -0.1) is 11.3 Å². The minimum absolute atomic E-state index is 0.0790. The van der Waals surface area contributed by atoms with Crippen LogP contribution in [0.25, 0.3) is 10.9 Å². The van der Waals surface area contributed by atoms with Crippen molar-refractivity contribution >= 4 is 28.1 Å². The van der Waals surface area contributed by atoms with Gasteiger partial charge in [-0.1, -0.05) is 48.0 Å². The second-order valence-electron chi connectivity index (χ2n) is 6.62. The summed E-state index contributed by atoms with van der Waals surface area (Å²) < 4.78 is 1.35. The molecule has 2 heterocycles. The third-order valence-electron chi connectivity index (χ3n) is 4.59. The Bertz CT molecular complexity index is 1160. The quantitative estimate of drug-likeness (QED) is 0.566. The van der Waals surface area contributed by atoms with Crippen molar-refractivity contribution in [1.82, 2.24) is 14.9 Å². The lowest BCUT2D eigenvalue weighted by atomic mass is 10.0. The van der Waals surface area contributed by atoms with Gasteiger partial charge in [-0.2, -0.15) is 0 Å². The Hall–Kier alpha value is -3.25. The zero-order chi connectivity index (χ0) is 19.5. The fraction of sp³-hybridized carbons (Fsp3) is 0.136. The Morgan fingerprint density at radius 3 is 2.64 bits per heavy atom. The summed E-state index contributed by atoms with van der Waals surface area (Å²) in [5.41, 5.74) is 2.57. The Balaban J connectivity index is 1.59. The Morgan fingerprint density at radius 1 is 1.11 bits per heavy atom. The summed E-state index contributed by atoms with van der Waals surface area (Å²) in [7, 11) is 0. The van der Waals surface area contributed by atoms with Gasteiger partial charge in [0.1, 0.15) is 6.54 Å². The lowest BCUT2D eigenvalue weighted by molar-refractivity contribution is -0.122. The molecule has 0 aliphatic heterocycles. The van der Waals surface area contributed by atoms with Gasteiger partial charge in [0.05, 0.1) is 23.3 Å². The summed E-state index contributed by atoms with van der Waals surface area (Å²) in [6.45, 7) is 1.95. The molecule has 1 N–H and O–H groups in total. The molecule has 4 aromatic rings. The number of amides is 1. The largest absolute Gasteiger partial charge is 0.343 e. The van der Waals surface area contributed by atoms with Gasteiger partial charge in [0.25, 0.3) is 5.56 Å². The molecule has 1 unspecified atom stereocenters. The average molecular weight is 389 g/mol. The number of nitrogens with one attached hydrogen (secondary N) is 1. The van der Waals surface area contributed by atoms with Crippen molar-refractivity contribution < 1.29 is 4.79 Å². The molecule has 2 aromatic carbocycles. The fourth-order valence-electron chi connectivity index (χ4n) is 3.11. The molecular formula is C22H19N3O2S. The van der Waals surface area contributed by atoms with Crippen LogP contribution in [0.3, 0.4) is 0 Å². The monoisotopic (exact) mass is 389 g/mol. The van der Waals surface area contributed by atoms with Crippen molar-refractivity contribution in [3.05, 3.63) is 98.7 Å². The van der Waals surface area contributed by atoms with Crippen molar-refractivity contribution in [2.45, 2.75) is 19.5 Å². The number of aromatic nitrogens is 2. The summed E-state index contributed by atoms with van der Waals surface area (Å²) in [5, 5.41) is 5.56. The lowest BCUT2D eigenvalue weighted by Crippen LogP contribution is -2.35. The predicted molar refractivity (Wildman–Crippen MR) is 111 cm³/mol. The number of carbonyl (C=O) groups is 1.